The highest BCUT2D eigenvalue weighted by atomic mass is 16.6. The van der Waals surface area contributed by atoms with Gasteiger partial charge in [0.2, 0.25) is 0 Å². The Morgan fingerprint density at radius 2 is 1.90 bits per heavy atom. The van der Waals surface area contributed by atoms with E-state index in [1.807, 2.05) is 30.9 Å². The van der Waals surface area contributed by atoms with Gasteiger partial charge in [0.05, 0.1) is 11.4 Å². The quantitative estimate of drug-likeness (QED) is 0.901. The average Bonchev–Trinajstić information content (AvgIpc) is 2.42. The van der Waals surface area contributed by atoms with Crippen LogP contribution in [0.5, 0.6) is 11.5 Å². The van der Waals surface area contributed by atoms with Gasteiger partial charge in [0, 0.05) is 18.7 Å². The highest BCUT2D eigenvalue weighted by Crippen LogP contribution is 2.43. The van der Waals surface area contributed by atoms with Crippen LogP contribution in [0, 0.1) is 0 Å². The van der Waals surface area contributed by atoms with E-state index in [9.17, 15) is 4.79 Å². The van der Waals surface area contributed by atoms with Crippen LogP contribution in [0.25, 0.3) is 0 Å². The molecule has 1 N–H and O–H groups in total. The maximum absolute atomic E-state index is 12.6. The van der Waals surface area contributed by atoms with Crippen molar-refractivity contribution in [1.29, 1.82) is 0 Å². The molecule has 20 heavy (non-hydrogen) atoms. The highest BCUT2D eigenvalue weighted by Gasteiger charge is 2.39. The number of carbonyl (C=O) groups excluding carboxylic acids is 1. The fourth-order valence-corrected chi connectivity index (χ4v) is 2.68. The second-order valence-corrected chi connectivity index (χ2v) is 5.72. The summed E-state index contributed by atoms with van der Waals surface area (Å²) >= 11 is 0. The minimum Gasteiger partial charge on any atom is -0.486 e. The van der Waals surface area contributed by atoms with Crippen LogP contribution >= 0.6 is 0 Å². The molecule has 1 amide bonds. The van der Waals surface area contributed by atoms with Crippen LogP contribution in [-0.4, -0.2) is 31.2 Å². The van der Waals surface area contributed by atoms with E-state index < -0.39 is 5.54 Å². The summed E-state index contributed by atoms with van der Waals surface area (Å²) in [5.41, 5.74) is 1.19. The molecule has 0 aliphatic carbocycles. The zero-order valence-corrected chi connectivity index (χ0v) is 12.2. The molecule has 0 unspecified atom stereocenters. The van der Waals surface area contributed by atoms with Crippen LogP contribution in [-0.2, 0) is 4.79 Å². The van der Waals surface area contributed by atoms with Gasteiger partial charge in [-0.3, -0.25) is 4.79 Å². The summed E-state index contributed by atoms with van der Waals surface area (Å²) < 4.78 is 11.2. The maximum Gasteiger partial charge on any atom is 0.252 e. The molecule has 0 aromatic heterocycles. The molecule has 0 atom stereocenters. The van der Waals surface area contributed by atoms with E-state index in [2.05, 4.69) is 12.2 Å². The number of hydrogen-bond donors (Lipinski definition) is 1. The molecular formula is C15H20N2O3. The lowest BCUT2D eigenvalue weighted by atomic mass is 9.97. The predicted molar refractivity (Wildman–Crippen MR) is 77.8 cm³/mol. The molecule has 5 nitrogen and oxygen atoms in total. The molecule has 0 saturated carbocycles. The van der Waals surface area contributed by atoms with Crippen LogP contribution in [0.1, 0.15) is 27.2 Å². The minimum absolute atomic E-state index is 0.0866. The molecule has 0 spiro atoms. The van der Waals surface area contributed by atoms with Crippen molar-refractivity contribution in [2.45, 2.75) is 32.7 Å². The van der Waals surface area contributed by atoms with Crippen LogP contribution in [0.4, 0.5) is 11.4 Å². The Labute approximate surface area is 118 Å². The molecule has 1 aromatic carbocycles. The van der Waals surface area contributed by atoms with E-state index in [0.29, 0.717) is 25.5 Å². The van der Waals surface area contributed by atoms with Gasteiger partial charge in [-0.2, -0.15) is 0 Å². The molecule has 0 bridgehead atoms. The molecule has 5 heteroatoms. The Morgan fingerprint density at radius 1 is 1.25 bits per heavy atom. The zero-order valence-electron chi connectivity index (χ0n) is 12.2. The summed E-state index contributed by atoms with van der Waals surface area (Å²) in [5.74, 6) is 1.54. The normalized spacial score (nSPS) is 19.4. The first-order valence-electron chi connectivity index (χ1n) is 7.06. The van der Waals surface area contributed by atoms with Gasteiger partial charge in [-0.1, -0.05) is 6.92 Å². The molecule has 0 radical (unpaired) electrons. The van der Waals surface area contributed by atoms with Crippen molar-refractivity contribution in [2.75, 3.05) is 30.0 Å². The number of ether oxygens (including phenoxy) is 2. The fourth-order valence-electron chi connectivity index (χ4n) is 2.68. The molecule has 0 saturated heterocycles. The van der Waals surface area contributed by atoms with Crippen molar-refractivity contribution in [3.8, 4) is 11.5 Å². The lowest BCUT2D eigenvalue weighted by Crippen LogP contribution is -2.54. The van der Waals surface area contributed by atoms with Gasteiger partial charge in [-0.05, 0) is 20.3 Å². The summed E-state index contributed by atoms with van der Waals surface area (Å²) in [7, 11) is 0. The van der Waals surface area contributed by atoms with Gasteiger partial charge in [0.1, 0.15) is 18.8 Å². The summed E-state index contributed by atoms with van der Waals surface area (Å²) in [4.78, 5) is 14.4. The van der Waals surface area contributed by atoms with E-state index in [4.69, 9.17) is 9.47 Å². The van der Waals surface area contributed by atoms with Gasteiger partial charge >= 0.3 is 0 Å². The summed E-state index contributed by atoms with van der Waals surface area (Å²) in [6, 6.07) is 3.83. The predicted octanol–water partition coefficient (Wildman–Crippen LogP) is 2.40. The lowest BCUT2D eigenvalue weighted by molar-refractivity contribution is -0.122. The Kier molecular flexibility index (Phi) is 3.00. The van der Waals surface area contributed by atoms with Gasteiger partial charge in [0.15, 0.2) is 11.5 Å². The van der Waals surface area contributed by atoms with Gasteiger partial charge in [-0.15, -0.1) is 0 Å². The van der Waals surface area contributed by atoms with Gasteiger partial charge in [-0.25, -0.2) is 0 Å². The summed E-state index contributed by atoms with van der Waals surface area (Å²) in [6.45, 7) is 7.69. The number of anilines is 2. The standard InChI is InChI=1S/C15H20N2O3/c1-4-5-17-11-9-13-12(19-6-7-20-13)8-10(11)16-15(2,3)14(17)18/h8-9,16H,4-7H2,1-3H3. The third-order valence-electron chi connectivity index (χ3n) is 3.63. The molecule has 3 rings (SSSR count). The van der Waals surface area contributed by atoms with Crippen LogP contribution in [0.3, 0.4) is 0 Å². The first kappa shape index (κ1) is 13.1. The molecule has 2 aliphatic heterocycles. The number of nitrogens with one attached hydrogen (secondary N) is 1. The smallest absolute Gasteiger partial charge is 0.252 e. The number of benzene rings is 1. The van der Waals surface area contributed by atoms with Crippen molar-refractivity contribution in [3.05, 3.63) is 12.1 Å². The first-order valence-corrected chi connectivity index (χ1v) is 7.06. The van der Waals surface area contributed by atoms with Crippen LogP contribution < -0.4 is 19.7 Å². The van der Waals surface area contributed by atoms with Crippen molar-refractivity contribution in [1.82, 2.24) is 0 Å². The van der Waals surface area contributed by atoms with Crippen LogP contribution in [0.15, 0.2) is 12.1 Å². The number of rotatable bonds is 2. The van der Waals surface area contributed by atoms with Crippen molar-refractivity contribution in [3.63, 3.8) is 0 Å². The Morgan fingerprint density at radius 3 is 2.55 bits per heavy atom. The summed E-state index contributed by atoms with van der Waals surface area (Å²) in [5, 5.41) is 3.30. The number of fused-ring (bicyclic) bond motifs is 2. The SMILES string of the molecule is CCCN1C(=O)C(C)(C)Nc2cc3c(cc21)OCCO3. The molecule has 0 fully saturated rings. The van der Waals surface area contributed by atoms with Gasteiger partial charge in [0.25, 0.3) is 5.91 Å². The maximum atomic E-state index is 12.6. The molecule has 1 aromatic rings. The minimum atomic E-state index is -0.605. The Balaban J connectivity index is 2.09. The summed E-state index contributed by atoms with van der Waals surface area (Å²) in [6.07, 6.45) is 0.912. The van der Waals surface area contributed by atoms with E-state index in [1.165, 1.54) is 0 Å². The Hall–Kier alpha value is -1.91. The molecule has 2 heterocycles. The number of nitrogens with zero attached hydrogens (tertiary/aromatic N) is 1. The van der Waals surface area contributed by atoms with E-state index in [1.54, 1.807) is 0 Å². The first-order chi connectivity index (χ1) is 9.53. The fraction of sp³-hybridized carbons (Fsp3) is 0.533. The number of carbonyl (C=O) groups is 1. The van der Waals surface area contributed by atoms with Crippen LogP contribution in [0.2, 0.25) is 0 Å². The zero-order chi connectivity index (χ0) is 14.3. The third-order valence-corrected chi connectivity index (χ3v) is 3.63. The lowest BCUT2D eigenvalue weighted by Gasteiger charge is -2.40. The average molecular weight is 276 g/mol. The van der Waals surface area contributed by atoms with Crippen molar-refractivity contribution < 1.29 is 14.3 Å². The second-order valence-electron chi connectivity index (χ2n) is 5.72. The molecule has 2 aliphatic rings. The van der Waals surface area contributed by atoms with Crippen molar-refractivity contribution in [2.24, 2.45) is 0 Å². The van der Waals surface area contributed by atoms with Gasteiger partial charge < -0.3 is 19.7 Å². The largest absolute Gasteiger partial charge is 0.486 e. The Bertz CT molecular complexity index is 554. The number of hydrogen-bond acceptors (Lipinski definition) is 4. The molecular weight excluding hydrogens is 256 g/mol. The van der Waals surface area contributed by atoms with E-state index >= 15 is 0 Å². The number of amides is 1. The van der Waals surface area contributed by atoms with Crippen molar-refractivity contribution >= 4 is 17.3 Å². The highest BCUT2D eigenvalue weighted by molar-refractivity contribution is 6.07. The monoisotopic (exact) mass is 276 g/mol. The second kappa shape index (κ2) is 4.58. The third kappa shape index (κ3) is 1.97. The topological polar surface area (TPSA) is 50.8 Å². The molecule has 108 valence electrons. The van der Waals surface area contributed by atoms with E-state index in [-0.39, 0.29) is 5.91 Å². The van der Waals surface area contributed by atoms with E-state index in [0.717, 1.165) is 23.5 Å².